The van der Waals surface area contributed by atoms with Crippen molar-refractivity contribution in [2.24, 2.45) is 5.92 Å². The third kappa shape index (κ3) is 1.57. The zero-order valence-corrected chi connectivity index (χ0v) is 9.94. The number of rotatable bonds is 3. The molecule has 3 atom stereocenters. The van der Waals surface area contributed by atoms with E-state index in [2.05, 4.69) is 12.2 Å². The van der Waals surface area contributed by atoms with Crippen LogP contribution in [0.2, 0.25) is 0 Å². The van der Waals surface area contributed by atoms with Crippen LogP contribution < -0.4 is 5.32 Å². The summed E-state index contributed by atoms with van der Waals surface area (Å²) in [7, 11) is 0. The Morgan fingerprint density at radius 3 is 2.82 bits per heavy atom. The fourth-order valence-electron chi connectivity index (χ4n) is 2.88. The molecule has 0 aliphatic heterocycles. The predicted molar refractivity (Wildman–Crippen MR) is 64.8 cm³/mol. The van der Waals surface area contributed by atoms with Crippen LogP contribution in [0, 0.1) is 5.92 Å². The molecule has 1 aromatic rings. The van der Waals surface area contributed by atoms with Crippen LogP contribution >= 0.6 is 0 Å². The van der Waals surface area contributed by atoms with Gasteiger partial charge in [-0.05, 0) is 36.3 Å². The maximum absolute atomic E-state index is 11.7. The van der Waals surface area contributed by atoms with Gasteiger partial charge < -0.3 is 5.11 Å². The number of aliphatic carboxylic acids is 1. The molecule has 3 heteroatoms. The lowest BCUT2D eigenvalue weighted by Gasteiger charge is -2.27. The SMILES string of the molecule is CC1CC1NC1(C(=O)O)CCc2ccccc21. The Labute approximate surface area is 101 Å². The lowest BCUT2D eigenvalue weighted by atomic mass is 9.91. The number of fused-ring (bicyclic) bond motifs is 1. The number of carboxylic acid groups (broad SMARTS) is 1. The van der Waals surface area contributed by atoms with Gasteiger partial charge in [-0.1, -0.05) is 31.2 Å². The summed E-state index contributed by atoms with van der Waals surface area (Å²) in [5.41, 5.74) is 1.30. The van der Waals surface area contributed by atoms with Gasteiger partial charge in [-0.25, -0.2) is 4.79 Å². The topological polar surface area (TPSA) is 49.3 Å². The highest BCUT2D eigenvalue weighted by Crippen LogP contribution is 2.41. The van der Waals surface area contributed by atoms with E-state index >= 15 is 0 Å². The lowest BCUT2D eigenvalue weighted by molar-refractivity contribution is -0.145. The standard InChI is InChI=1S/C14H17NO2/c1-9-8-12(9)15-14(13(16)17)7-6-10-4-2-3-5-11(10)14/h2-5,9,12,15H,6-8H2,1H3,(H,16,17). The number of carboxylic acids is 1. The molecule has 0 spiro atoms. The van der Waals surface area contributed by atoms with E-state index in [1.807, 2.05) is 24.3 Å². The summed E-state index contributed by atoms with van der Waals surface area (Å²) in [6, 6.07) is 8.28. The Morgan fingerprint density at radius 2 is 2.18 bits per heavy atom. The maximum atomic E-state index is 11.7. The van der Waals surface area contributed by atoms with Crippen molar-refractivity contribution in [3.05, 3.63) is 35.4 Å². The van der Waals surface area contributed by atoms with Crippen LogP contribution in [0.1, 0.15) is 30.9 Å². The summed E-state index contributed by atoms with van der Waals surface area (Å²) in [6.07, 6.45) is 2.62. The summed E-state index contributed by atoms with van der Waals surface area (Å²) in [5.74, 6) is -0.125. The smallest absolute Gasteiger partial charge is 0.328 e. The van der Waals surface area contributed by atoms with Gasteiger partial charge in [-0.15, -0.1) is 0 Å². The molecule has 2 aliphatic rings. The Bertz CT molecular complexity index is 471. The summed E-state index contributed by atoms with van der Waals surface area (Å²) < 4.78 is 0. The zero-order valence-electron chi connectivity index (χ0n) is 9.94. The molecular formula is C14H17NO2. The van der Waals surface area contributed by atoms with E-state index in [0.717, 1.165) is 18.4 Å². The van der Waals surface area contributed by atoms with E-state index in [0.29, 0.717) is 18.4 Å². The van der Waals surface area contributed by atoms with E-state index in [-0.39, 0.29) is 0 Å². The molecule has 3 unspecified atom stereocenters. The van der Waals surface area contributed by atoms with Crippen molar-refractivity contribution in [1.29, 1.82) is 0 Å². The highest BCUT2D eigenvalue weighted by molar-refractivity contribution is 5.82. The molecule has 3 nitrogen and oxygen atoms in total. The molecule has 0 saturated heterocycles. The quantitative estimate of drug-likeness (QED) is 0.835. The lowest BCUT2D eigenvalue weighted by Crippen LogP contribution is -2.49. The molecule has 3 rings (SSSR count). The van der Waals surface area contributed by atoms with Crippen LogP contribution in [-0.4, -0.2) is 17.1 Å². The van der Waals surface area contributed by atoms with Crippen molar-refractivity contribution in [2.45, 2.75) is 37.8 Å². The van der Waals surface area contributed by atoms with E-state index < -0.39 is 11.5 Å². The third-order valence-corrected chi connectivity index (χ3v) is 4.15. The summed E-state index contributed by atoms with van der Waals surface area (Å²) in [6.45, 7) is 2.16. The van der Waals surface area contributed by atoms with Gasteiger partial charge in [0.15, 0.2) is 0 Å². The molecule has 90 valence electrons. The van der Waals surface area contributed by atoms with Gasteiger partial charge in [-0.3, -0.25) is 5.32 Å². The van der Waals surface area contributed by atoms with Crippen LogP contribution in [-0.2, 0) is 16.8 Å². The van der Waals surface area contributed by atoms with Crippen LogP contribution in [0.25, 0.3) is 0 Å². The second-order valence-corrected chi connectivity index (χ2v) is 5.33. The molecule has 0 aromatic heterocycles. The second-order valence-electron chi connectivity index (χ2n) is 5.33. The monoisotopic (exact) mass is 231 g/mol. The fraction of sp³-hybridized carbons (Fsp3) is 0.500. The minimum Gasteiger partial charge on any atom is -0.480 e. The Balaban J connectivity index is 1.99. The summed E-state index contributed by atoms with van der Waals surface area (Å²) >= 11 is 0. The number of nitrogens with one attached hydrogen (secondary N) is 1. The normalized spacial score (nSPS) is 34.4. The highest BCUT2D eigenvalue weighted by atomic mass is 16.4. The molecule has 0 amide bonds. The Morgan fingerprint density at radius 1 is 1.47 bits per heavy atom. The average molecular weight is 231 g/mol. The Hall–Kier alpha value is -1.35. The van der Waals surface area contributed by atoms with Crippen LogP contribution in [0.15, 0.2) is 24.3 Å². The van der Waals surface area contributed by atoms with Gasteiger partial charge in [0.05, 0.1) is 0 Å². The van der Waals surface area contributed by atoms with E-state index in [9.17, 15) is 9.90 Å². The van der Waals surface area contributed by atoms with Crippen molar-refractivity contribution in [1.82, 2.24) is 5.32 Å². The first-order chi connectivity index (χ1) is 8.13. The first kappa shape index (κ1) is 10.8. The van der Waals surface area contributed by atoms with E-state index in [1.165, 1.54) is 5.56 Å². The molecular weight excluding hydrogens is 214 g/mol. The van der Waals surface area contributed by atoms with Crippen molar-refractivity contribution in [2.75, 3.05) is 0 Å². The van der Waals surface area contributed by atoms with Crippen LogP contribution in [0.5, 0.6) is 0 Å². The molecule has 0 radical (unpaired) electrons. The molecule has 1 fully saturated rings. The minimum absolute atomic E-state index is 0.372. The van der Waals surface area contributed by atoms with Gasteiger partial charge in [0.2, 0.25) is 0 Å². The summed E-state index contributed by atoms with van der Waals surface area (Å²) in [5, 5.41) is 13.0. The maximum Gasteiger partial charge on any atom is 0.328 e. The van der Waals surface area contributed by atoms with Gasteiger partial charge in [0, 0.05) is 6.04 Å². The van der Waals surface area contributed by atoms with Crippen molar-refractivity contribution >= 4 is 5.97 Å². The molecule has 2 N–H and O–H groups in total. The molecule has 1 saturated carbocycles. The van der Waals surface area contributed by atoms with Gasteiger partial charge in [0.1, 0.15) is 5.54 Å². The summed E-state index contributed by atoms with van der Waals surface area (Å²) in [4.78, 5) is 11.7. The number of hydrogen-bond donors (Lipinski definition) is 2. The number of aryl methyl sites for hydroxylation is 1. The molecule has 2 aliphatic carbocycles. The van der Waals surface area contributed by atoms with Crippen molar-refractivity contribution < 1.29 is 9.90 Å². The zero-order chi connectivity index (χ0) is 12.0. The molecule has 1 aromatic carbocycles. The largest absolute Gasteiger partial charge is 0.480 e. The number of hydrogen-bond acceptors (Lipinski definition) is 2. The molecule has 0 heterocycles. The predicted octanol–water partition coefficient (Wildman–Crippen LogP) is 1.91. The van der Waals surface area contributed by atoms with Crippen LogP contribution in [0.3, 0.4) is 0 Å². The van der Waals surface area contributed by atoms with Crippen molar-refractivity contribution in [3.63, 3.8) is 0 Å². The fourth-order valence-corrected chi connectivity index (χ4v) is 2.88. The second kappa shape index (κ2) is 3.57. The first-order valence-electron chi connectivity index (χ1n) is 6.23. The van der Waals surface area contributed by atoms with Gasteiger partial charge in [-0.2, -0.15) is 0 Å². The number of benzene rings is 1. The third-order valence-electron chi connectivity index (χ3n) is 4.15. The molecule has 17 heavy (non-hydrogen) atoms. The van der Waals surface area contributed by atoms with E-state index in [4.69, 9.17) is 0 Å². The number of carbonyl (C=O) groups is 1. The van der Waals surface area contributed by atoms with Crippen LogP contribution in [0.4, 0.5) is 0 Å². The average Bonchev–Trinajstić information content (AvgIpc) is 2.87. The van der Waals surface area contributed by atoms with Gasteiger partial charge >= 0.3 is 5.97 Å². The first-order valence-corrected chi connectivity index (χ1v) is 6.23. The van der Waals surface area contributed by atoms with Crippen molar-refractivity contribution in [3.8, 4) is 0 Å². The minimum atomic E-state index is -0.841. The molecule has 0 bridgehead atoms. The van der Waals surface area contributed by atoms with E-state index in [1.54, 1.807) is 0 Å². The highest BCUT2D eigenvalue weighted by Gasteiger charge is 2.49. The van der Waals surface area contributed by atoms with Gasteiger partial charge in [0.25, 0.3) is 0 Å². The Kier molecular flexibility index (Phi) is 2.26.